The topological polar surface area (TPSA) is 101 Å². The van der Waals surface area contributed by atoms with Gasteiger partial charge in [-0.15, -0.1) is 0 Å². The quantitative estimate of drug-likeness (QED) is 0.362. The number of Topliss-reactive ketones (excluding diaryl/α,β-unsaturated/α-hetero) is 1. The molecule has 0 aromatic rings. The van der Waals surface area contributed by atoms with Crippen LogP contribution in [0.5, 0.6) is 0 Å². The summed E-state index contributed by atoms with van der Waals surface area (Å²) in [6, 6.07) is 0. The van der Waals surface area contributed by atoms with E-state index in [0.29, 0.717) is 6.42 Å². The summed E-state index contributed by atoms with van der Waals surface area (Å²) in [7, 11) is -4.04. The van der Waals surface area contributed by atoms with Gasteiger partial charge in [-0.2, -0.15) is 8.42 Å². The van der Waals surface area contributed by atoms with Crippen molar-refractivity contribution in [1.29, 1.82) is 0 Å². The van der Waals surface area contributed by atoms with Gasteiger partial charge in [-0.25, -0.2) is 0 Å². The standard InChI is InChI=1S/C13H23NO5S/c1-11(6-4-3-5-7-12(2)15)10-13(16)14-8-9-20(17,18)19/h10H,3-9H2,1-2H3,(H,14,16)(H,17,18,19). The van der Waals surface area contributed by atoms with Gasteiger partial charge in [0, 0.05) is 19.0 Å². The highest BCUT2D eigenvalue weighted by atomic mass is 32.2. The van der Waals surface area contributed by atoms with Crippen molar-refractivity contribution in [2.24, 2.45) is 0 Å². The van der Waals surface area contributed by atoms with Gasteiger partial charge in [-0.05, 0) is 33.1 Å². The number of ketones is 1. The average Bonchev–Trinajstić information content (AvgIpc) is 2.26. The lowest BCUT2D eigenvalue weighted by Crippen LogP contribution is -2.27. The third-order valence-corrected chi connectivity index (χ3v) is 3.36. The Morgan fingerprint density at radius 2 is 1.70 bits per heavy atom. The Labute approximate surface area is 120 Å². The van der Waals surface area contributed by atoms with Crippen LogP contribution in [0.25, 0.3) is 0 Å². The van der Waals surface area contributed by atoms with E-state index in [1.807, 2.05) is 6.92 Å². The van der Waals surface area contributed by atoms with E-state index in [1.165, 1.54) is 6.08 Å². The van der Waals surface area contributed by atoms with Gasteiger partial charge in [0.15, 0.2) is 0 Å². The van der Waals surface area contributed by atoms with Crippen LogP contribution in [0.2, 0.25) is 0 Å². The fraction of sp³-hybridized carbons (Fsp3) is 0.692. The van der Waals surface area contributed by atoms with E-state index in [4.69, 9.17) is 4.55 Å². The van der Waals surface area contributed by atoms with E-state index >= 15 is 0 Å². The largest absolute Gasteiger partial charge is 0.351 e. The molecule has 0 heterocycles. The lowest BCUT2D eigenvalue weighted by molar-refractivity contribution is -0.117. The summed E-state index contributed by atoms with van der Waals surface area (Å²) in [5.41, 5.74) is 0.900. The Balaban J connectivity index is 3.82. The first-order chi connectivity index (χ1) is 9.20. The molecule has 0 atom stereocenters. The summed E-state index contributed by atoms with van der Waals surface area (Å²) < 4.78 is 29.4. The summed E-state index contributed by atoms with van der Waals surface area (Å²) in [6.07, 6.45) is 5.50. The van der Waals surface area contributed by atoms with Crippen molar-refractivity contribution in [3.63, 3.8) is 0 Å². The number of unbranched alkanes of at least 4 members (excludes halogenated alkanes) is 2. The molecule has 0 spiro atoms. The lowest BCUT2D eigenvalue weighted by atomic mass is 10.1. The predicted molar refractivity (Wildman–Crippen MR) is 76.9 cm³/mol. The first-order valence-corrected chi connectivity index (χ1v) is 8.21. The maximum Gasteiger partial charge on any atom is 0.266 e. The molecule has 0 aliphatic rings. The molecule has 0 unspecified atom stereocenters. The number of hydrogen-bond donors (Lipinski definition) is 2. The van der Waals surface area contributed by atoms with Crippen molar-refractivity contribution in [1.82, 2.24) is 5.32 Å². The Bertz CT molecular complexity index is 453. The predicted octanol–water partition coefficient (Wildman–Crippen LogP) is 1.48. The van der Waals surface area contributed by atoms with Crippen molar-refractivity contribution in [3.05, 3.63) is 11.6 Å². The number of amides is 1. The molecule has 20 heavy (non-hydrogen) atoms. The van der Waals surface area contributed by atoms with Gasteiger partial charge in [0.25, 0.3) is 10.1 Å². The van der Waals surface area contributed by atoms with E-state index in [-0.39, 0.29) is 18.2 Å². The van der Waals surface area contributed by atoms with Gasteiger partial charge in [0.2, 0.25) is 5.91 Å². The number of allylic oxidation sites excluding steroid dienone is 1. The molecule has 7 heteroatoms. The summed E-state index contributed by atoms with van der Waals surface area (Å²) in [6.45, 7) is 3.29. The van der Waals surface area contributed by atoms with Crippen molar-refractivity contribution >= 4 is 21.8 Å². The molecule has 0 saturated carbocycles. The summed E-state index contributed by atoms with van der Waals surface area (Å²) in [5.74, 6) is -0.665. The van der Waals surface area contributed by atoms with Crippen molar-refractivity contribution < 1.29 is 22.6 Å². The molecule has 116 valence electrons. The van der Waals surface area contributed by atoms with Gasteiger partial charge in [-0.1, -0.05) is 12.0 Å². The third kappa shape index (κ3) is 13.2. The second kappa shape index (κ2) is 9.66. The minimum Gasteiger partial charge on any atom is -0.351 e. The van der Waals surface area contributed by atoms with Crippen LogP contribution in [0.3, 0.4) is 0 Å². The van der Waals surface area contributed by atoms with Crippen LogP contribution < -0.4 is 5.32 Å². The molecule has 2 N–H and O–H groups in total. The number of nitrogens with one attached hydrogen (secondary N) is 1. The molecule has 0 bridgehead atoms. The van der Waals surface area contributed by atoms with Crippen molar-refractivity contribution in [2.45, 2.75) is 46.0 Å². The van der Waals surface area contributed by atoms with E-state index in [1.54, 1.807) is 6.92 Å². The Kier molecular flexibility index (Phi) is 9.07. The molecule has 0 rings (SSSR count). The molecular formula is C13H23NO5S. The summed E-state index contributed by atoms with van der Waals surface area (Å²) in [5, 5.41) is 2.39. The highest BCUT2D eigenvalue weighted by Gasteiger charge is 2.05. The summed E-state index contributed by atoms with van der Waals surface area (Å²) in [4.78, 5) is 22.1. The van der Waals surface area contributed by atoms with E-state index in [0.717, 1.165) is 31.3 Å². The maximum atomic E-state index is 11.4. The second-order valence-electron chi connectivity index (χ2n) is 4.83. The zero-order chi connectivity index (χ0) is 15.6. The van der Waals surface area contributed by atoms with Gasteiger partial charge >= 0.3 is 0 Å². The normalized spacial score (nSPS) is 12.2. The molecule has 0 saturated heterocycles. The smallest absolute Gasteiger partial charge is 0.266 e. The number of carbonyl (C=O) groups excluding carboxylic acids is 2. The molecule has 0 aromatic heterocycles. The first kappa shape index (κ1) is 18.8. The highest BCUT2D eigenvalue weighted by Crippen LogP contribution is 2.09. The second-order valence-corrected chi connectivity index (χ2v) is 6.40. The van der Waals surface area contributed by atoms with Crippen LogP contribution in [0, 0.1) is 0 Å². The molecule has 1 amide bonds. The zero-order valence-electron chi connectivity index (χ0n) is 12.0. The maximum absolute atomic E-state index is 11.4. The monoisotopic (exact) mass is 305 g/mol. The Morgan fingerprint density at radius 3 is 2.25 bits per heavy atom. The first-order valence-electron chi connectivity index (χ1n) is 6.60. The molecule has 6 nitrogen and oxygen atoms in total. The van der Waals surface area contributed by atoms with E-state index in [9.17, 15) is 18.0 Å². The minimum absolute atomic E-state index is 0.111. The van der Waals surface area contributed by atoms with E-state index < -0.39 is 15.9 Å². The number of rotatable bonds is 10. The average molecular weight is 305 g/mol. The van der Waals surface area contributed by atoms with E-state index in [2.05, 4.69) is 5.32 Å². The fourth-order valence-electron chi connectivity index (χ4n) is 1.60. The van der Waals surface area contributed by atoms with Gasteiger partial charge in [0.1, 0.15) is 5.78 Å². The molecule has 0 fully saturated rings. The van der Waals surface area contributed by atoms with Crippen LogP contribution in [-0.4, -0.2) is 37.0 Å². The Hall–Kier alpha value is -1.21. The van der Waals surface area contributed by atoms with Gasteiger partial charge < -0.3 is 10.1 Å². The van der Waals surface area contributed by atoms with Crippen molar-refractivity contribution in [3.8, 4) is 0 Å². The minimum atomic E-state index is -4.04. The van der Waals surface area contributed by atoms with Crippen LogP contribution in [0.4, 0.5) is 0 Å². The lowest BCUT2D eigenvalue weighted by Gasteiger charge is -2.03. The highest BCUT2D eigenvalue weighted by molar-refractivity contribution is 7.85. The Morgan fingerprint density at radius 1 is 1.10 bits per heavy atom. The SMILES string of the molecule is CC(=O)CCCCCC(C)=CC(=O)NCCS(=O)(=O)O. The fourth-order valence-corrected chi connectivity index (χ4v) is 1.96. The molecule has 0 aliphatic heterocycles. The van der Waals surface area contributed by atoms with Crippen LogP contribution in [-0.2, 0) is 19.7 Å². The van der Waals surface area contributed by atoms with Gasteiger partial charge in [-0.3, -0.25) is 9.35 Å². The molecule has 0 aromatic carbocycles. The third-order valence-electron chi connectivity index (χ3n) is 2.64. The molecule has 0 aliphatic carbocycles. The molecule has 0 radical (unpaired) electrons. The number of carbonyl (C=O) groups is 2. The van der Waals surface area contributed by atoms with Crippen molar-refractivity contribution in [2.75, 3.05) is 12.3 Å². The van der Waals surface area contributed by atoms with Gasteiger partial charge in [0.05, 0.1) is 5.75 Å². The van der Waals surface area contributed by atoms with Crippen LogP contribution in [0.1, 0.15) is 46.0 Å². The van der Waals surface area contributed by atoms with Crippen LogP contribution in [0.15, 0.2) is 11.6 Å². The number of hydrogen-bond acceptors (Lipinski definition) is 4. The zero-order valence-corrected chi connectivity index (χ0v) is 12.8. The molecular weight excluding hydrogens is 282 g/mol. The summed E-state index contributed by atoms with van der Waals surface area (Å²) >= 11 is 0. The van der Waals surface area contributed by atoms with Crippen LogP contribution >= 0.6 is 0 Å².